The van der Waals surface area contributed by atoms with Gasteiger partial charge in [-0.15, -0.1) is 0 Å². The van der Waals surface area contributed by atoms with Gasteiger partial charge in [0.15, 0.2) is 6.10 Å². The first kappa shape index (κ1) is 20.7. The van der Waals surface area contributed by atoms with Gasteiger partial charge in [0, 0.05) is 25.0 Å². The van der Waals surface area contributed by atoms with E-state index in [-0.39, 0.29) is 10.9 Å². The molecular weight excluding hydrogens is 413 g/mol. The molecule has 0 spiro atoms. The Morgan fingerprint density at radius 2 is 1.94 bits per heavy atom. The molecule has 0 saturated carbocycles. The zero-order chi connectivity index (χ0) is 22.3. The highest BCUT2D eigenvalue weighted by Crippen LogP contribution is 2.28. The van der Waals surface area contributed by atoms with E-state index < -0.39 is 24.4 Å². The molecule has 0 bridgehead atoms. The van der Waals surface area contributed by atoms with Crippen LogP contribution in [0, 0.1) is 6.92 Å². The summed E-state index contributed by atoms with van der Waals surface area (Å²) in [4.78, 5) is 26.1. The molecule has 0 fully saturated rings. The lowest BCUT2D eigenvalue weighted by atomic mass is 10.1. The molecule has 11 heteroatoms. The molecule has 160 valence electrons. The number of pyridine rings is 2. The minimum absolute atomic E-state index is 0.0584. The Balaban J connectivity index is 1.94. The van der Waals surface area contributed by atoms with Gasteiger partial charge in [0.1, 0.15) is 11.2 Å². The molecule has 4 rings (SSSR count). The number of nitrogens with zero attached hydrogens (tertiary/aromatic N) is 6. The van der Waals surface area contributed by atoms with Crippen LogP contribution in [0.25, 0.3) is 33.5 Å². The molecule has 0 aliphatic carbocycles. The second-order valence-corrected chi connectivity index (χ2v) is 7.14. The number of aliphatic hydroxyl groups is 1. The number of rotatable bonds is 4. The van der Waals surface area contributed by atoms with E-state index in [1.54, 1.807) is 36.4 Å². The topological polar surface area (TPSA) is 98.7 Å². The first-order valence-electron chi connectivity index (χ1n) is 9.20. The molecule has 1 N–H and O–H groups in total. The van der Waals surface area contributed by atoms with Gasteiger partial charge < -0.3 is 5.11 Å². The fourth-order valence-electron chi connectivity index (χ4n) is 3.08. The van der Waals surface area contributed by atoms with Crippen LogP contribution in [0.4, 0.5) is 13.2 Å². The smallest absolute Gasteiger partial charge is 0.382 e. The van der Waals surface area contributed by atoms with Crippen LogP contribution in [0.3, 0.4) is 0 Å². The second-order valence-electron chi connectivity index (χ2n) is 7.14. The summed E-state index contributed by atoms with van der Waals surface area (Å²) in [6.07, 6.45) is -1.69. The molecular formula is C20H17F3N6O2. The molecule has 4 aromatic rings. The monoisotopic (exact) mass is 430 g/mol. The molecule has 0 aromatic carbocycles. The summed E-state index contributed by atoms with van der Waals surface area (Å²) in [5, 5.41) is 13.6. The largest absolute Gasteiger partial charge is 0.416 e. The first-order valence-corrected chi connectivity index (χ1v) is 9.20. The van der Waals surface area contributed by atoms with Gasteiger partial charge in [0.25, 0.3) is 5.56 Å². The van der Waals surface area contributed by atoms with Crippen LogP contribution in [0.15, 0.2) is 47.9 Å². The zero-order valence-corrected chi connectivity index (χ0v) is 16.5. The van der Waals surface area contributed by atoms with Gasteiger partial charge in [0.05, 0.1) is 35.8 Å². The molecule has 0 saturated heterocycles. The van der Waals surface area contributed by atoms with Crippen LogP contribution in [-0.4, -0.2) is 46.7 Å². The Bertz CT molecular complexity index is 1310. The van der Waals surface area contributed by atoms with E-state index in [1.807, 2.05) is 13.0 Å². The Morgan fingerprint density at radius 1 is 1.16 bits per heavy atom. The Labute approximate surface area is 173 Å². The Morgan fingerprint density at radius 3 is 2.55 bits per heavy atom. The third kappa shape index (κ3) is 4.04. The highest BCUT2D eigenvalue weighted by atomic mass is 19.4. The fourth-order valence-corrected chi connectivity index (χ4v) is 3.08. The van der Waals surface area contributed by atoms with Crippen molar-refractivity contribution in [1.29, 1.82) is 0 Å². The number of fused-ring (bicyclic) bond motifs is 1. The van der Waals surface area contributed by atoms with Crippen molar-refractivity contribution in [3.63, 3.8) is 0 Å². The summed E-state index contributed by atoms with van der Waals surface area (Å²) in [5.41, 5.74) is 2.20. The van der Waals surface area contributed by atoms with Gasteiger partial charge in [-0.3, -0.25) is 19.0 Å². The number of alkyl halides is 3. The molecule has 8 nitrogen and oxygen atoms in total. The molecule has 0 amide bonds. The Hall–Kier alpha value is -3.60. The SMILES string of the molecule is Cc1ccc(-c2cc3c(=O)n(C[C@H](O)C(F)(F)F)cnc3c(-c3cnn(C)c3)n2)nc1. The molecule has 0 unspecified atom stereocenters. The van der Waals surface area contributed by atoms with E-state index in [0.29, 0.717) is 22.6 Å². The summed E-state index contributed by atoms with van der Waals surface area (Å²) in [6.45, 7) is 0.911. The summed E-state index contributed by atoms with van der Waals surface area (Å²) in [6, 6.07) is 5.01. The maximum atomic E-state index is 13.0. The molecule has 0 radical (unpaired) electrons. The van der Waals surface area contributed by atoms with E-state index in [9.17, 15) is 23.1 Å². The number of aromatic nitrogens is 6. The molecule has 4 heterocycles. The van der Waals surface area contributed by atoms with Crippen LogP contribution in [-0.2, 0) is 13.6 Å². The van der Waals surface area contributed by atoms with Crippen LogP contribution < -0.4 is 5.56 Å². The van der Waals surface area contributed by atoms with Gasteiger partial charge in [-0.05, 0) is 24.6 Å². The molecule has 0 aliphatic heterocycles. The number of halogens is 3. The average molecular weight is 430 g/mol. The quantitative estimate of drug-likeness (QED) is 0.534. The van der Waals surface area contributed by atoms with E-state index in [1.165, 1.54) is 6.07 Å². The van der Waals surface area contributed by atoms with Crippen molar-refractivity contribution in [3.05, 3.63) is 59.0 Å². The average Bonchev–Trinajstić information content (AvgIpc) is 3.15. The predicted molar refractivity (Wildman–Crippen MR) is 106 cm³/mol. The van der Waals surface area contributed by atoms with Crippen molar-refractivity contribution in [1.82, 2.24) is 29.3 Å². The molecule has 4 aromatic heterocycles. The van der Waals surface area contributed by atoms with E-state index in [0.717, 1.165) is 16.5 Å². The molecule has 1 atom stereocenters. The second kappa shape index (κ2) is 7.58. The van der Waals surface area contributed by atoms with Gasteiger partial charge in [-0.25, -0.2) is 9.97 Å². The number of hydrogen-bond acceptors (Lipinski definition) is 6. The van der Waals surface area contributed by atoms with Crippen molar-refractivity contribution < 1.29 is 18.3 Å². The zero-order valence-electron chi connectivity index (χ0n) is 16.5. The molecule has 0 aliphatic rings. The van der Waals surface area contributed by atoms with Gasteiger partial charge >= 0.3 is 6.18 Å². The maximum Gasteiger partial charge on any atom is 0.416 e. The van der Waals surface area contributed by atoms with Gasteiger partial charge in [-0.2, -0.15) is 18.3 Å². The molecule has 31 heavy (non-hydrogen) atoms. The number of hydrogen-bond donors (Lipinski definition) is 1. The summed E-state index contributed by atoms with van der Waals surface area (Å²) >= 11 is 0. The van der Waals surface area contributed by atoms with Crippen LogP contribution in [0.5, 0.6) is 0 Å². The third-order valence-electron chi connectivity index (χ3n) is 4.71. The standard InChI is InChI=1S/C20H17F3N6O2/c1-11-3-4-14(24-6-11)15-5-13-18(17(27-15)12-7-26-28(2)8-12)25-10-29(19(13)31)9-16(30)20(21,22)23/h3-8,10,16,30H,9H2,1-2H3/t16-/m0/s1. The van der Waals surface area contributed by atoms with Crippen molar-refractivity contribution in [2.45, 2.75) is 25.7 Å². The minimum atomic E-state index is -4.86. The summed E-state index contributed by atoms with van der Waals surface area (Å²) in [5.74, 6) is 0. The normalized spacial score (nSPS) is 13.0. The van der Waals surface area contributed by atoms with Crippen LogP contribution >= 0.6 is 0 Å². The highest BCUT2D eigenvalue weighted by molar-refractivity contribution is 5.93. The van der Waals surface area contributed by atoms with Crippen molar-refractivity contribution in [2.24, 2.45) is 7.05 Å². The van der Waals surface area contributed by atoms with Crippen LogP contribution in [0.1, 0.15) is 5.56 Å². The lowest BCUT2D eigenvalue weighted by molar-refractivity contribution is -0.207. The minimum Gasteiger partial charge on any atom is -0.382 e. The van der Waals surface area contributed by atoms with Crippen molar-refractivity contribution >= 4 is 10.9 Å². The predicted octanol–water partition coefficient (Wildman–Crippen LogP) is 2.49. The van der Waals surface area contributed by atoms with E-state index in [2.05, 4.69) is 20.1 Å². The van der Waals surface area contributed by atoms with E-state index >= 15 is 0 Å². The van der Waals surface area contributed by atoms with Gasteiger partial charge in [0.2, 0.25) is 0 Å². The third-order valence-corrected chi connectivity index (χ3v) is 4.71. The highest BCUT2D eigenvalue weighted by Gasteiger charge is 2.38. The van der Waals surface area contributed by atoms with Crippen molar-refractivity contribution in [2.75, 3.05) is 0 Å². The first-order chi connectivity index (χ1) is 14.6. The number of aryl methyl sites for hydroxylation is 2. The Kier molecular flexibility index (Phi) is 5.05. The van der Waals surface area contributed by atoms with Gasteiger partial charge in [-0.1, -0.05) is 6.07 Å². The van der Waals surface area contributed by atoms with Crippen molar-refractivity contribution in [3.8, 4) is 22.6 Å². The lowest BCUT2D eigenvalue weighted by Crippen LogP contribution is -2.36. The summed E-state index contributed by atoms with van der Waals surface area (Å²) in [7, 11) is 1.72. The van der Waals surface area contributed by atoms with Crippen LogP contribution in [0.2, 0.25) is 0 Å². The lowest BCUT2D eigenvalue weighted by Gasteiger charge is -2.16. The fraction of sp³-hybridized carbons (Fsp3) is 0.250. The van der Waals surface area contributed by atoms with E-state index in [4.69, 9.17) is 0 Å². The summed E-state index contributed by atoms with van der Waals surface area (Å²) < 4.78 is 40.6. The maximum absolute atomic E-state index is 13.0. The number of aliphatic hydroxyl groups excluding tert-OH is 1.